The van der Waals surface area contributed by atoms with Gasteiger partial charge in [0.1, 0.15) is 17.2 Å². The second-order valence-electron chi connectivity index (χ2n) is 9.05. The maximum Gasteiger partial charge on any atom is 0.262 e. The van der Waals surface area contributed by atoms with Gasteiger partial charge in [0.05, 0.1) is 25.5 Å². The molecule has 0 aromatic heterocycles. The molecule has 9 heteroatoms. The first-order valence-electron chi connectivity index (χ1n) is 11.5. The molecule has 1 heterocycles. The zero-order valence-electron chi connectivity index (χ0n) is 20.7. The SMILES string of the molecule is COc1cc(F)c(NS(=O)(=O)c2ccc3c(c2)CN(C(=O)Cc2ccc(C(C)C)cc2)C3)c(OC)c1. The average molecular weight is 513 g/mol. The Morgan fingerprint density at radius 2 is 1.69 bits per heavy atom. The average Bonchev–Trinajstić information content (AvgIpc) is 3.29. The molecule has 0 radical (unpaired) electrons. The molecule has 0 spiro atoms. The molecule has 0 bridgehead atoms. The largest absolute Gasteiger partial charge is 0.497 e. The fourth-order valence-corrected chi connectivity index (χ4v) is 5.28. The first kappa shape index (κ1) is 25.5. The Bertz CT molecular complexity index is 1390. The van der Waals surface area contributed by atoms with Gasteiger partial charge in [-0.3, -0.25) is 9.52 Å². The van der Waals surface area contributed by atoms with E-state index in [1.54, 1.807) is 11.0 Å². The number of hydrogen-bond acceptors (Lipinski definition) is 5. The minimum absolute atomic E-state index is 0.00483. The number of benzene rings is 3. The van der Waals surface area contributed by atoms with Gasteiger partial charge >= 0.3 is 0 Å². The van der Waals surface area contributed by atoms with E-state index in [4.69, 9.17) is 9.47 Å². The van der Waals surface area contributed by atoms with E-state index in [0.717, 1.165) is 22.8 Å². The Labute approximate surface area is 210 Å². The number of anilines is 1. The Morgan fingerprint density at radius 1 is 1.00 bits per heavy atom. The van der Waals surface area contributed by atoms with Gasteiger partial charge < -0.3 is 14.4 Å². The summed E-state index contributed by atoms with van der Waals surface area (Å²) in [5.41, 5.74) is 3.46. The zero-order chi connectivity index (χ0) is 26.0. The highest BCUT2D eigenvalue weighted by molar-refractivity contribution is 7.92. The minimum Gasteiger partial charge on any atom is -0.497 e. The standard InChI is InChI=1S/C27H29FN2O5S/c1-17(2)19-7-5-18(6-8-19)11-26(31)30-15-20-9-10-23(12-21(20)16-30)36(32,33)29-27-24(28)13-22(34-3)14-25(27)35-4/h5-10,12-14,17,29H,11,15-16H2,1-4H3. The van der Waals surface area contributed by atoms with Crippen LogP contribution in [-0.2, 0) is 34.3 Å². The van der Waals surface area contributed by atoms with Gasteiger partial charge in [-0.25, -0.2) is 12.8 Å². The van der Waals surface area contributed by atoms with E-state index in [-0.39, 0.29) is 34.4 Å². The van der Waals surface area contributed by atoms with Crippen molar-refractivity contribution < 1.29 is 27.1 Å². The second kappa shape index (κ2) is 10.2. The molecule has 0 saturated heterocycles. The Morgan fingerprint density at radius 3 is 2.33 bits per heavy atom. The molecule has 0 atom stereocenters. The van der Waals surface area contributed by atoms with Gasteiger partial charge in [0, 0.05) is 25.2 Å². The summed E-state index contributed by atoms with van der Waals surface area (Å²) in [5.74, 6) is -0.240. The van der Waals surface area contributed by atoms with E-state index in [9.17, 15) is 17.6 Å². The molecule has 36 heavy (non-hydrogen) atoms. The number of sulfonamides is 1. The van der Waals surface area contributed by atoms with E-state index in [2.05, 4.69) is 18.6 Å². The number of ether oxygens (including phenoxy) is 2. The maximum atomic E-state index is 14.6. The first-order chi connectivity index (χ1) is 17.1. The van der Waals surface area contributed by atoms with Crippen molar-refractivity contribution in [1.82, 2.24) is 4.90 Å². The van der Waals surface area contributed by atoms with Crippen molar-refractivity contribution in [1.29, 1.82) is 0 Å². The predicted molar refractivity (Wildman–Crippen MR) is 135 cm³/mol. The molecule has 190 valence electrons. The summed E-state index contributed by atoms with van der Waals surface area (Å²) >= 11 is 0. The smallest absolute Gasteiger partial charge is 0.262 e. The lowest BCUT2D eigenvalue weighted by atomic mass is 10.0. The molecule has 1 amide bonds. The van der Waals surface area contributed by atoms with Crippen molar-refractivity contribution in [2.75, 3.05) is 18.9 Å². The number of carbonyl (C=O) groups is 1. The number of carbonyl (C=O) groups excluding carboxylic acids is 1. The summed E-state index contributed by atoms with van der Waals surface area (Å²) < 4.78 is 53.2. The Balaban J connectivity index is 1.49. The zero-order valence-corrected chi connectivity index (χ0v) is 21.5. The summed E-state index contributed by atoms with van der Waals surface area (Å²) in [7, 11) is -1.44. The number of fused-ring (bicyclic) bond motifs is 1. The quantitative estimate of drug-likeness (QED) is 0.466. The van der Waals surface area contributed by atoms with Gasteiger partial charge in [-0.05, 0) is 40.3 Å². The lowest BCUT2D eigenvalue weighted by Crippen LogP contribution is -2.26. The van der Waals surface area contributed by atoms with Crippen LogP contribution in [0.15, 0.2) is 59.5 Å². The number of halogens is 1. The fourth-order valence-electron chi connectivity index (χ4n) is 4.15. The molecule has 4 rings (SSSR count). The molecular weight excluding hydrogens is 483 g/mol. The van der Waals surface area contributed by atoms with Gasteiger partial charge in [0.2, 0.25) is 5.91 Å². The number of methoxy groups -OCH3 is 2. The maximum absolute atomic E-state index is 14.6. The molecule has 1 aliphatic heterocycles. The molecule has 0 saturated carbocycles. The van der Waals surface area contributed by atoms with E-state index >= 15 is 0 Å². The second-order valence-corrected chi connectivity index (χ2v) is 10.7. The fraction of sp³-hybridized carbons (Fsp3) is 0.296. The molecule has 3 aromatic carbocycles. The van der Waals surface area contributed by atoms with E-state index in [1.165, 1.54) is 38.0 Å². The Hall–Kier alpha value is -3.59. The lowest BCUT2D eigenvalue weighted by Gasteiger charge is -2.16. The minimum atomic E-state index is -4.12. The number of nitrogens with one attached hydrogen (secondary N) is 1. The third kappa shape index (κ3) is 5.31. The van der Waals surface area contributed by atoms with Crippen molar-refractivity contribution in [3.05, 3.63) is 82.7 Å². The predicted octanol–water partition coefficient (Wildman–Crippen LogP) is 4.85. The van der Waals surface area contributed by atoms with Gasteiger partial charge in [-0.2, -0.15) is 0 Å². The summed E-state index contributed by atoms with van der Waals surface area (Å²) in [5, 5.41) is 0. The molecule has 1 aliphatic rings. The van der Waals surface area contributed by atoms with Crippen molar-refractivity contribution >= 4 is 21.6 Å². The van der Waals surface area contributed by atoms with Crippen LogP contribution in [0.3, 0.4) is 0 Å². The van der Waals surface area contributed by atoms with Crippen LogP contribution >= 0.6 is 0 Å². The van der Waals surface area contributed by atoms with Crippen LogP contribution in [0.5, 0.6) is 11.5 Å². The van der Waals surface area contributed by atoms with Crippen LogP contribution < -0.4 is 14.2 Å². The summed E-state index contributed by atoms with van der Waals surface area (Å²) in [4.78, 5) is 14.6. The summed E-state index contributed by atoms with van der Waals surface area (Å²) in [6.07, 6.45) is 0.273. The first-order valence-corrected chi connectivity index (χ1v) is 13.0. The number of amides is 1. The number of hydrogen-bond donors (Lipinski definition) is 1. The van der Waals surface area contributed by atoms with Gasteiger partial charge in [-0.15, -0.1) is 0 Å². The van der Waals surface area contributed by atoms with E-state index in [1.807, 2.05) is 24.3 Å². The molecule has 1 N–H and O–H groups in total. The molecule has 7 nitrogen and oxygen atoms in total. The third-order valence-corrected chi connectivity index (χ3v) is 7.63. The van der Waals surface area contributed by atoms with Crippen LogP contribution in [0.1, 0.15) is 42.0 Å². The van der Waals surface area contributed by atoms with E-state index in [0.29, 0.717) is 19.0 Å². The molecule has 3 aromatic rings. The van der Waals surface area contributed by atoms with Crippen molar-refractivity contribution in [3.8, 4) is 11.5 Å². The molecule has 0 aliphatic carbocycles. The molecule has 0 unspecified atom stereocenters. The van der Waals surface area contributed by atoms with Gasteiger partial charge in [0.15, 0.2) is 5.82 Å². The lowest BCUT2D eigenvalue weighted by molar-refractivity contribution is -0.131. The van der Waals surface area contributed by atoms with E-state index < -0.39 is 15.8 Å². The van der Waals surface area contributed by atoms with Crippen molar-refractivity contribution in [3.63, 3.8) is 0 Å². The van der Waals surface area contributed by atoms with Crippen LogP contribution in [0, 0.1) is 5.82 Å². The van der Waals surface area contributed by atoms with Crippen molar-refractivity contribution in [2.24, 2.45) is 0 Å². The highest BCUT2D eigenvalue weighted by Crippen LogP contribution is 2.35. The summed E-state index contributed by atoms with van der Waals surface area (Å²) in [6.45, 7) is 4.96. The highest BCUT2D eigenvalue weighted by atomic mass is 32.2. The van der Waals surface area contributed by atoms with Crippen LogP contribution in [0.4, 0.5) is 10.1 Å². The summed E-state index contributed by atoms with van der Waals surface area (Å²) in [6, 6.07) is 15.2. The van der Waals surface area contributed by atoms with Crippen molar-refractivity contribution in [2.45, 2.75) is 44.2 Å². The normalized spacial score (nSPS) is 13.0. The van der Waals surface area contributed by atoms with Gasteiger partial charge in [-0.1, -0.05) is 44.2 Å². The Kier molecular flexibility index (Phi) is 7.21. The number of nitrogens with zero attached hydrogens (tertiary/aromatic N) is 1. The van der Waals surface area contributed by atoms with Gasteiger partial charge in [0.25, 0.3) is 10.0 Å². The number of rotatable bonds is 8. The van der Waals surface area contributed by atoms with Crippen LogP contribution in [0.2, 0.25) is 0 Å². The highest BCUT2D eigenvalue weighted by Gasteiger charge is 2.27. The third-order valence-electron chi connectivity index (χ3n) is 6.28. The molecule has 0 fully saturated rings. The monoisotopic (exact) mass is 512 g/mol. The molecular formula is C27H29FN2O5S. The van der Waals surface area contributed by atoms with Crippen LogP contribution in [-0.4, -0.2) is 33.4 Å². The van der Waals surface area contributed by atoms with Crippen LogP contribution in [0.25, 0.3) is 0 Å². The topological polar surface area (TPSA) is 84.9 Å².